The molecule has 0 saturated carbocycles. The molecule has 2 aromatic carbocycles. The zero-order valence-electron chi connectivity index (χ0n) is 12.8. The van der Waals surface area contributed by atoms with Gasteiger partial charge in [-0.3, -0.25) is 0 Å². The van der Waals surface area contributed by atoms with Gasteiger partial charge in [-0.05, 0) is 49.0 Å². The highest BCUT2D eigenvalue weighted by Gasteiger charge is 2.42. The minimum Gasteiger partial charge on any atom is -0.320 e. The first-order valence-electron chi connectivity index (χ1n) is 7.57. The summed E-state index contributed by atoms with van der Waals surface area (Å²) in [4.78, 5) is 0. The first-order chi connectivity index (χ1) is 9.78. The van der Waals surface area contributed by atoms with Crippen LogP contribution in [0.15, 0.2) is 54.6 Å². The van der Waals surface area contributed by atoms with E-state index < -0.39 is 0 Å². The van der Waals surface area contributed by atoms with E-state index in [2.05, 4.69) is 66.8 Å². The lowest BCUT2D eigenvalue weighted by Gasteiger charge is -2.32. The van der Waals surface area contributed by atoms with Crippen molar-refractivity contribution < 1.29 is 0 Å². The summed E-state index contributed by atoms with van der Waals surface area (Å²) < 4.78 is 0. The standard InChI is InChI=1S/C19H23N.ClH/c1-15-14-19(12-13-20-2,16-8-4-3-5-9-16)18-11-7-6-10-17(15)18;/h3-11,15,20H,12-14H2,1-2H3;1H. The number of fused-ring (bicyclic) bond motifs is 1. The predicted octanol–water partition coefficient (Wildman–Crippen LogP) is 4.51. The average Bonchev–Trinajstić information content (AvgIpc) is 2.80. The Balaban J connectivity index is 0.00000161. The largest absolute Gasteiger partial charge is 0.320 e. The molecule has 0 heterocycles. The zero-order chi connectivity index (χ0) is 14.0. The summed E-state index contributed by atoms with van der Waals surface area (Å²) in [5, 5.41) is 3.33. The van der Waals surface area contributed by atoms with Gasteiger partial charge in [0.15, 0.2) is 0 Å². The van der Waals surface area contributed by atoms with Crippen molar-refractivity contribution in [1.82, 2.24) is 5.32 Å². The van der Waals surface area contributed by atoms with Gasteiger partial charge in [-0.2, -0.15) is 0 Å². The van der Waals surface area contributed by atoms with Crippen LogP contribution in [0.4, 0.5) is 0 Å². The van der Waals surface area contributed by atoms with Gasteiger partial charge in [-0.1, -0.05) is 61.5 Å². The van der Waals surface area contributed by atoms with E-state index in [1.54, 1.807) is 0 Å². The summed E-state index contributed by atoms with van der Waals surface area (Å²) in [7, 11) is 2.04. The maximum atomic E-state index is 3.33. The van der Waals surface area contributed by atoms with E-state index in [1.807, 2.05) is 7.05 Å². The van der Waals surface area contributed by atoms with Crippen LogP contribution in [0.1, 0.15) is 42.4 Å². The molecule has 0 spiro atoms. The molecule has 21 heavy (non-hydrogen) atoms. The molecule has 0 amide bonds. The molecular weight excluding hydrogens is 278 g/mol. The van der Waals surface area contributed by atoms with Gasteiger partial charge in [0.1, 0.15) is 0 Å². The van der Waals surface area contributed by atoms with E-state index >= 15 is 0 Å². The van der Waals surface area contributed by atoms with Crippen molar-refractivity contribution >= 4 is 12.4 Å². The van der Waals surface area contributed by atoms with Crippen LogP contribution in [0.25, 0.3) is 0 Å². The first kappa shape index (κ1) is 16.1. The van der Waals surface area contributed by atoms with Crippen molar-refractivity contribution in [3.05, 3.63) is 71.3 Å². The van der Waals surface area contributed by atoms with Crippen LogP contribution in [0.3, 0.4) is 0 Å². The van der Waals surface area contributed by atoms with Crippen molar-refractivity contribution in [2.45, 2.75) is 31.1 Å². The Kier molecular flexibility index (Phi) is 5.08. The number of nitrogens with one attached hydrogen (secondary N) is 1. The second-order valence-corrected chi connectivity index (χ2v) is 5.99. The highest BCUT2D eigenvalue weighted by atomic mass is 35.5. The molecular formula is C19H24ClN. The summed E-state index contributed by atoms with van der Waals surface area (Å²) in [6.45, 7) is 3.42. The third-order valence-corrected chi connectivity index (χ3v) is 4.79. The van der Waals surface area contributed by atoms with Crippen LogP contribution < -0.4 is 5.32 Å². The SMILES string of the molecule is CNCCC1(c2ccccc2)CC(C)c2ccccc21.Cl. The summed E-state index contributed by atoms with van der Waals surface area (Å²) in [5.74, 6) is 0.642. The number of hydrogen-bond acceptors (Lipinski definition) is 1. The van der Waals surface area contributed by atoms with Gasteiger partial charge in [0.05, 0.1) is 0 Å². The fraction of sp³-hybridized carbons (Fsp3) is 0.368. The van der Waals surface area contributed by atoms with Crippen LogP contribution in [-0.4, -0.2) is 13.6 Å². The lowest BCUT2D eigenvalue weighted by atomic mass is 9.72. The molecule has 2 aromatic rings. The molecule has 0 bridgehead atoms. The number of hydrogen-bond donors (Lipinski definition) is 1. The Hall–Kier alpha value is -1.31. The number of rotatable bonds is 4. The second-order valence-electron chi connectivity index (χ2n) is 5.99. The minimum absolute atomic E-state index is 0. The average molecular weight is 302 g/mol. The summed E-state index contributed by atoms with van der Waals surface area (Å²) in [6.07, 6.45) is 2.38. The summed E-state index contributed by atoms with van der Waals surface area (Å²) in [6, 6.07) is 20.0. The van der Waals surface area contributed by atoms with Gasteiger partial charge in [-0.25, -0.2) is 0 Å². The fourth-order valence-electron chi connectivity index (χ4n) is 3.86. The highest BCUT2D eigenvalue weighted by Crippen LogP contribution is 2.51. The molecule has 2 unspecified atom stereocenters. The lowest BCUT2D eigenvalue weighted by Crippen LogP contribution is -2.29. The zero-order valence-corrected chi connectivity index (χ0v) is 13.6. The van der Waals surface area contributed by atoms with Crippen LogP contribution in [-0.2, 0) is 5.41 Å². The van der Waals surface area contributed by atoms with Gasteiger partial charge in [-0.15, -0.1) is 12.4 Å². The molecule has 112 valence electrons. The number of benzene rings is 2. The molecule has 1 aliphatic rings. The Morgan fingerprint density at radius 2 is 1.71 bits per heavy atom. The monoisotopic (exact) mass is 301 g/mol. The highest BCUT2D eigenvalue weighted by molar-refractivity contribution is 5.85. The van der Waals surface area contributed by atoms with Gasteiger partial charge in [0.2, 0.25) is 0 Å². The predicted molar refractivity (Wildman–Crippen MR) is 92.5 cm³/mol. The third kappa shape index (κ3) is 2.73. The van der Waals surface area contributed by atoms with Crippen molar-refractivity contribution in [3.8, 4) is 0 Å². The topological polar surface area (TPSA) is 12.0 Å². The van der Waals surface area contributed by atoms with Crippen LogP contribution in [0.2, 0.25) is 0 Å². The fourth-order valence-corrected chi connectivity index (χ4v) is 3.86. The Bertz CT molecular complexity index is 581. The van der Waals surface area contributed by atoms with Crippen LogP contribution in [0, 0.1) is 0 Å². The molecule has 1 nitrogen and oxygen atoms in total. The normalized spacial score (nSPS) is 23.4. The molecule has 1 N–H and O–H groups in total. The van der Waals surface area contributed by atoms with Crippen molar-refractivity contribution in [3.63, 3.8) is 0 Å². The summed E-state index contributed by atoms with van der Waals surface area (Å²) in [5.41, 5.74) is 4.72. The molecule has 2 atom stereocenters. The second kappa shape index (κ2) is 6.64. The molecule has 0 saturated heterocycles. The smallest absolute Gasteiger partial charge is 0.0223 e. The first-order valence-corrected chi connectivity index (χ1v) is 7.57. The number of halogens is 1. The van der Waals surface area contributed by atoms with Gasteiger partial charge >= 0.3 is 0 Å². The van der Waals surface area contributed by atoms with Crippen molar-refractivity contribution in [2.24, 2.45) is 0 Å². The third-order valence-electron chi connectivity index (χ3n) is 4.79. The quantitative estimate of drug-likeness (QED) is 0.876. The van der Waals surface area contributed by atoms with Crippen molar-refractivity contribution in [1.29, 1.82) is 0 Å². The Morgan fingerprint density at radius 3 is 2.43 bits per heavy atom. The maximum Gasteiger partial charge on any atom is 0.0223 e. The van der Waals surface area contributed by atoms with E-state index in [4.69, 9.17) is 0 Å². The van der Waals surface area contributed by atoms with Crippen LogP contribution >= 0.6 is 12.4 Å². The van der Waals surface area contributed by atoms with E-state index in [0.717, 1.165) is 13.0 Å². The molecule has 0 aromatic heterocycles. The molecule has 2 heteroatoms. The molecule has 0 fully saturated rings. The van der Waals surface area contributed by atoms with Gasteiger partial charge in [0, 0.05) is 5.41 Å². The van der Waals surface area contributed by atoms with E-state index in [9.17, 15) is 0 Å². The lowest BCUT2D eigenvalue weighted by molar-refractivity contribution is 0.438. The molecule has 0 radical (unpaired) electrons. The van der Waals surface area contributed by atoms with Gasteiger partial charge < -0.3 is 5.32 Å². The van der Waals surface area contributed by atoms with Crippen LogP contribution in [0.5, 0.6) is 0 Å². The minimum atomic E-state index is 0. The van der Waals surface area contributed by atoms with Crippen molar-refractivity contribution in [2.75, 3.05) is 13.6 Å². The molecule has 3 rings (SSSR count). The Labute approximate surface area is 134 Å². The van der Waals surface area contributed by atoms with E-state index in [0.29, 0.717) is 5.92 Å². The van der Waals surface area contributed by atoms with E-state index in [-0.39, 0.29) is 17.8 Å². The Morgan fingerprint density at radius 1 is 1.05 bits per heavy atom. The summed E-state index contributed by atoms with van der Waals surface area (Å²) >= 11 is 0. The molecule has 0 aliphatic heterocycles. The maximum absolute atomic E-state index is 3.33. The van der Waals surface area contributed by atoms with Gasteiger partial charge in [0.25, 0.3) is 0 Å². The molecule has 1 aliphatic carbocycles. The van der Waals surface area contributed by atoms with E-state index in [1.165, 1.54) is 23.1 Å².